The van der Waals surface area contributed by atoms with Crippen LogP contribution in [0.3, 0.4) is 0 Å². The molecular weight excluding hydrogens is 336 g/mol. The van der Waals surface area contributed by atoms with Crippen LogP contribution < -0.4 is 4.90 Å². The molecule has 1 amide bonds. The van der Waals surface area contributed by atoms with Crippen molar-refractivity contribution >= 4 is 11.7 Å². The third-order valence-corrected chi connectivity index (χ3v) is 5.89. The molecule has 2 aliphatic rings. The van der Waals surface area contributed by atoms with Crippen LogP contribution in [0.1, 0.15) is 30.4 Å². The van der Waals surface area contributed by atoms with Gasteiger partial charge in [-0.2, -0.15) is 5.26 Å². The van der Waals surface area contributed by atoms with E-state index < -0.39 is 0 Å². The molecule has 2 fully saturated rings. The van der Waals surface area contributed by atoms with Gasteiger partial charge in [-0.15, -0.1) is 0 Å². The molecule has 5 nitrogen and oxygen atoms in total. The monoisotopic (exact) mass is 360 g/mol. The quantitative estimate of drug-likeness (QED) is 0.841. The third kappa shape index (κ3) is 3.52. The maximum absolute atomic E-state index is 13.3. The van der Waals surface area contributed by atoms with Gasteiger partial charge in [0.25, 0.3) is 0 Å². The number of pyridine rings is 1. The van der Waals surface area contributed by atoms with Gasteiger partial charge in [0.05, 0.1) is 17.0 Å². The molecule has 27 heavy (non-hydrogen) atoms. The molecule has 0 unspecified atom stereocenters. The minimum atomic E-state index is -0.292. The van der Waals surface area contributed by atoms with E-state index in [0.717, 1.165) is 51.1 Å². The van der Waals surface area contributed by atoms with Crippen LogP contribution in [0.25, 0.3) is 0 Å². The summed E-state index contributed by atoms with van der Waals surface area (Å²) in [5.74, 6) is 1.10. The number of piperidine rings is 1. The molecular formula is C22H24N4O. The first-order chi connectivity index (χ1) is 13.2. The second-order valence-corrected chi connectivity index (χ2v) is 7.60. The molecule has 3 heterocycles. The fraction of sp³-hybridized carbons (Fsp3) is 0.409. The summed E-state index contributed by atoms with van der Waals surface area (Å²) in [5.41, 5.74) is 1.59. The molecule has 2 aromatic rings. The normalized spacial score (nSPS) is 22.3. The van der Waals surface area contributed by atoms with Crippen LogP contribution in [-0.2, 0) is 11.2 Å². The van der Waals surface area contributed by atoms with E-state index in [-0.39, 0.29) is 5.41 Å². The molecule has 1 aromatic carbocycles. The Bertz CT molecular complexity index is 860. The van der Waals surface area contributed by atoms with E-state index in [2.05, 4.69) is 33.0 Å². The van der Waals surface area contributed by atoms with Crippen molar-refractivity contribution in [3.05, 3.63) is 59.8 Å². The number of amides is 1. The molecule has 0 aliphatic carbocycles. The highest BCUT2D eigenvalue weighted by atomic mass is 16.2. The Morgan fingerprint density at radius 1 is 1.15 bits per heavy atom. The molecule has 1 atom stereocenters. The zero-order valence-electron chi connectivity index (χ0n) is 15.5. The molecule has 2 saturated heterocycles. The highest BCUT2D eigenvalue weighted by Gasteiger charge is 2.48. The molecule has 4 rings (SSSR count). The Balaban J connectivity index is 1.45. The zero-order chi connectivity index (χ0) is 18.7. The molecule has 0 radical (unpaired) electrons. The van der Waals surface area contributed by atoms with Crippen molar-refractivity contribution in [2.45, 2.75) is 25.7 Å². The van der Waals surface area contributed by atoms with Gasteiger partial charge in [-0.1, -0.05) is 30.3 Å². The highest BCUT2D eigenvalue weighted by molar-refractivity contribution is 5.85. The Labute approximate surface area is 160 Å². The number of benzene rings is 1. The lowest BCUT2D eigenvalue weighted by molar-refractivity contribution is -0.144. The van der Waals surface area contributed by atoms with Gasteiger partial charge in [0.1, 0.15) is 5.82 Å². The SMILES string of the molecule is N#Cc1ccnc(N2CC[C@]3(CCCN(CCc4ccccc4)C3=O)C2)c1. The van der Waals surface area contributed by atoms with E-state index >= 15 is 0 Å². The molecule has 0 bridgehead atoms. The number of rotatable bonds is 4. The summed E-state index contributed by atoms with van der Waals surface area (Å²) in [6.07, 6.45) is 5.44. The van der Waals surface area contributed by atoms with E-state index in [1.54, 1.807) is 12.3 Å². The predicted molar refractivity (Wildman–Crippen MR) is 104 cm³/mol. The first-order valence-corrected chi connectivity index (χ1v) is 9.65. The van der Waals surface area contributed by atoms with Crippen molar-refractivity contribution in [3.8, 4) is 6.07 Å². The predicted octanol–water partition coefficient (Wildman–Crippen LogP) is 3.01. The second-order valence-electron chi connectivity index (χ2n) is 7.60. The standard InChI is InChI=1S/C22H24N4O/c23-16-19-7-11-24-20(15-19)26-14-10-22(17-26)9-4-12-25(21(22)27)13-8-18-5-2-1-3-6-18/h1-3,5-7,11,15H,4,8-10,12-14,17H2/t22-/m1/s1. The topological polar surface area (TPSA) is 60.2 Å². The first-order valence-electron chi connectivity index (χ1n) is 9.65. The Morgan fingerprint density at radius 3 is 2.81 bits per heavy atom. The number of nitrogens with zero attached hydrogens (tertiary/aromatic N) is 4. The summed E-state index contributed by atoms with van der Waals surface area (Å²) in [7, 11) is 0. The van der Waals surface area contributed by atoms with Gasteiger partial charge in [-0.3, -0.25) is 4.79 Å². The van der Waals surface area contributed by atoms with Crippen molar-refractivity contribution in [2.75, 3.05) is 31.1 Å². The third-order valence-electron chi connectivity index (χ3n) is 5.89. The molecule has 2 aliphatic heterocycles. The van der Waals surface area contributed by atoms with Crippen LogP contribution in [0.15, 0.2) is 48.7 Å². The van der Waals surface area contributed by atoms with Crippen LogP contribution in [0.5, 0.6) is 0 Å². The van der Waals surface area contributed by atoms with Gasteiger partial charge >= 0.3 is 0 Å². The number of carbonyl (C=O) groups excluding carboxylic acids is 1. The second kappa shape index (κ2) is 7.40. The molecule has 5 heteroatoms. The molecule has 1 aromatic heterocycles. The Hall–Kier alpha value is -2.87. The molecule has 138 valence electrons. The summed E-state index contributed by atoms with van der Waals surface area (Å²) in [6.45, 7) is 3.16. The van der Waals surface area contributed by atoms with E-state index in [1.165, 1.54) is 5.56 Å². The number of anilines is 1. The molecule has 1 spiro atoms. The van der Waals surface area contributed by atoms with Crippen LogP contribution in [0, 0.1) is 16.7 Å². The van der Waals surface area contributed by atoms with E-state index in [4.69, 9.17) is 5.26 Å². The molecule has 0 saturated carbocycles. The van der Waals surface area contributed by atoms with Gasteiger partial charge in [-0.05, 0) is 43.4 Å². The zero-order valence-corrected chi connectivity index (χ0v) is 15.5. The van der Waals surface area contributed by atoms with Crippen molar-refractivity contribution in [1.29, 1.82) is 5.26 Å². The highest BCUT2D eigenvalue weighted by Crippen LogP contribution is 2.41. The summed E-state index contributed by atoms with van der Waals surface area (Å²) in [4.78, 5) is 21.9. The number of nitriles is 1. The van der Waals surface area contributed by atoms with E-state index in [0.29, 0.717) is 18.0 Å². The van der Waals surface area contributed by atoms with Crippen LogP contribution in [0.4, 0.5) is 5.82 Å². The summed E-state index contributed by atoms with van der Waals surface area (Å²) in [5, 5.41) is 9.12. The average molecular weight is 360 g/mol. The van der Waals surface area contributed by atoms with Gasteiger partial charge in [0.15, 0.2) is 0 Å². The van der Waals surface area contributed by atoms with Gasteiger partial charge < -0.3 is 9.80 Å². The van der Waals surface area contributed by atoms with Crippen molar-refractivity contribution in [2.24, 2.45) is 5.41 Å². The number of likely N-dealkylation sites (tertiary alicyclic amines) is 1. The number of carbonyl (C=O) groups is 1. The lowest BCUT2D eigenvalue weighted by Crippen LogP contribution is -2.50. The Kier molecular flexibility index (Phi) is 4.81. The van der Waals surface area contributed by atoms with Crippen molar-refractivity contribution in [3.63, 3.8) is 0 Å². The van der Waals surface area contributed by atoms with Gasteiger partial charge in [0, 0.05) is 32.4 Å². The minimum Gasteiger partial charge on any atom is -0.355 e. The largest absolute Gasteiger partial charge is 0.355 e. The van der Waals surface area contributed by atoms with Crippen LogP contribution >= 0.6 is 0 Å². The summed E-state index contributed by atoms with van der Waals surface area (Å²) in [6, 6.07) is 16.1. The smallest absolute Gasteiger partial charge is 0.230 e. The maximum Gasteiger partial charge on any atom is 0.230 e. The summed E-state index contributed by atoms with van der Waals surface area (Å²) < 4.78 is 0. The minimum absolute atomic E-state index is 0.292. The number of hydrogen-bond donors (Lipinski definition) is 0. The van der Waals surface area contributed by atoms with Gasteiger partial charge in [-0.25, -0.2) is 4.98 Å². The first kappa shape index (κ1) is 17.5. The Morgan fingerprint density at radius 2 is 2.00 bits per heavy atom. The van der Waals surface area contributed by atoms with Crippen LogP contribution in [0.2, 0.25) is 0 Å². The number of aromatic nitrogens is 1. The van der Waals surface area contributed by atoms with E-state index in [1.807, 2.05) is 24.3 Å². The van der Waals surface area contributed by atoms with Crippen molar-refractivity contribution in [1.82, 2.24) is 9.88 Å². The molecule has 0 N–H and O–H groups in total. The van der Waals surface area contributed by atoms with Crippen LogP contribution in [-0.4, -0.2) is 42.0 Å². The maximum atomic E-state index is 13.3. The van der Waals surface area contributed by atoms with E-state index in [9.17, 15) is 4.79 Å². The fourth-order valence-electron chi connectivity index (χ4n) is 4.38. The van der Waals surface area contributed by atoms with Gasteiger partial charge in [0.2, 0.25) is 5.91 Å². The average Bonchev–Trinajstić information content (AvgIpc) is 3.15. The fourth-order valence-corrected chi connectivity index (χ4v) is 4.38. The summed E-state index contributed by atoms with van der Waals surface area (Å²) >= 11 is 0. The number of hydrogen-bond acceptors (Lipinski definition) is 4. The lowest BCUT2D eigenvalue weighted by Gasteiger charge is -2.39. The lowest BCUT2D eigenvalue weighted by atomic mass is 9.78. The van der Waals surface area contributed by atoms with Crippen molar-refractivity contribution < 1.29 is 4.79 Å².